The maximum Gasteiger partial charge on any atom is 0.260 e. The van der Waals surface area contributed by atoms with Crippen LogP contribution in [-0.4, -0.2) is 50.1 Å². The van der Waals surface area contributed by atoms with Crippen LogP contribution in [0.15, 0.2) is 66.7 Å². The first-order chi connectivity index (χ1) is 16.5. The Labute approximate surface area is 209 Å². The summed E-state index contributed by atoms with van der Waals surface area (Å²) < 4.78 is 6.29. The Morgan fingerprint density at radius 2 is 1.68 bits per heavy atom. The number of amides is 1. The molecule has 176 valence electrons. The van der Waals surface area contributed by atoms with Crippen molar-refractivity contribution in [1.82, 2.24) is 9.88 Å². The van der Waals surface area contributed by atoms with Crippen LogP contribution in [0.3, 0.4) is 0 Å². The first-order valence-corrected chi connectivity index (χ1v) is 12.4. The van der Waals surface area contributed by atoms with Crippen molar-refractivity contribution in [2.24, 2.45) is 0 Å². The van der Waals surface area contributed by atoms with Gasteiger partial charge in [-0.15, -0.1) is 0 Å². The molecule has 0 saturated carbocycles. The van der Waals surface area contributed by atoms with Crippen LogP contribution >= 0.6 is 22.9 Å². The van der Waals surface area contributed by atoms with Gasteiger partial charge in [-0.25, -0.2) is 4.98 Å². The Bertz CT molecular complexity index is 1260. The monoisotopic (exact) mass is 493 g/mol. The fourth-order valence-electron chi connectivity index (χ4n) is 3.80. The average molecular weight is 494 g/mol. The van der Waals surface area contributed by atoms with Crippen LogP contribution in [0.5, 0.6) is 5.75 Å². The molecule has 4 rings (SSSR count). The van der Waals surface area contributed by atoms with E-state index in [1.54, 1.807) is 24.1 Å². The molecule has 0 fully saturated rings. The Kier molecular flexibility index (Phi) is 7.83. The number of carbonyl (C=O) groups excluding carboxylic acids is 1. The van der Waals surface area contributed by atoms with Crippen molar-refractivity contribution >= 4 is 44.2 Å². The Hall–Kier alpha value is -2.93. The molecule has 1 heterocycles. The van der Waals surface area contributed by atoms with Gasteiger partial charge in [0, 0.05) is 12.1 Å². The first-order valence-electron chi connectivity index (χ1n) is 11.2. The van der Waals surface area contributed by atoms with E-state index in [-0.39, 0.29) is 5.91 Å². The highest BCUT2D eigenvalue weighted by Crippen LogP contribution is 2.39. The van der Waals surface area contributed by atoms with Crippen molar-refractivity contribution < 1.29 is 9.53 Å². The second kappa shape index (κ2) is 11.0. The maximum absolute atomic E-state index is 13.6. The van der Waals surface area contributed by atoms with Crippen LogP contribution in [0.1, 0.15) is 27.9 Å². The number of benzene rings is 3. The van der Waals surface area contributed by atoms with Crippen molar-refractivity contribution in [3.05, 3.63) is 88.4 Å². The molecule has 0 aliphatic rings. The lowest BCUT2D eigenvalue weighted by atomic mass is 10.0. The topological polar surface area (TPSA) is 45.7 Å². The minimum Gasteiger partial charge on any atom is -0.494 e. The van der Waals surface area contributed by atoms with E-state index in [1.807, 2.05) is 56.6 Å². The number of hydrogen-bond donors (Lipinski definition) is 0. The normalized spacial score (nSPS) is 11.2. The van der Waals surface area contributed by atoms with Crippen LogP contribution in [0.25, 0.3) is 10.2 Å². The van der Waals surface area contributed by atoms with Crippen LogP contribution in [0.4, 0.5) is 5.13 Å². The van der Waals surface area contributed by atoms with E-state index in [9.17, 15) is 4.79 Å². The standard InChI is InChI=1S/C27H28ClN3O2S/c1-30(2)16-7-17-31(27-29-24-23(33-3)15-14-22(28)25(24)34-27)26(32)21-12-10-20(11-13-21)18-19-8-5-4-6-9-19/h4-6,8-15H,7,16-18H2,1-3H3. The molecule has 1 aromatic heterocycles. The van der Waals surface area contributed by atoms with Gasteiger partial charge in [-0.3, -0.25) is 9.69 Å². The average Bonchev–Trinajstić information content (AvgIpc) is 3.29. The number of halogens is 1. The molecule has 0 N–H and O–H groups in total. The third-order valence-electron chi connectivity index (χ3n) is 5.58. The highest BCUT2D eigenvalue weighted by Gasteiger charge is 2.23. The number of carbonyl (C=O) groups is 1. The van der Waals surface area contributed by atoms with Gasteiger partial charge in [-0.2, -0.15) is 0 Å². The molecular weight excluding hydrogens is 466 g/mol. The molecule has 5 nitrogen and oxygen atoms in total. The molecule has 0 atom stereocenters. The van der Waals surface area contributed by atoms with Gasteiger partial charge in [0.05, 0.1) is 16.8 Å². The number of thiazole rings is 1. The third kappa shape index (κ3) is 5.58. The predicted molar refractivity (Wildman–Crippen MR) is 142 cm³/mol. The largest absolute Gasteiger partial charge is 0.494 e. The number of rotatable bonds is 9. The van der Waals surface area contributed by atoms with Gasteiger partial charge in [0.15, 0.2) is 5.13 Å². The lowest BCUT2D eigenvalue weighted by molar-refractivity contribution is 0.0986. The fourth-order valence-corrected chi connectivity index (χ4v) is 5.08. The number of anilines is 1. The zero-order valence-corrected chi connectivity index (χ0v) is 21.2. The molecule has 0 aliphatic carbocycles. The lowest BCUT2D eigenvalue weighted by Gasteiger charge is -2.21. The number of aromatic nitrogens is 1. The molecule has 0 unspecified atom stereocenters. The Morgan fingerprint density at radius 3 is 2.35 bits per heavy atom. The number of ether oxygens (including phenoxy) is 1. The van der Waals surface area contributed by atoms with E-state index in [0.29, 0.717) is 33.5 Å². The summed E-state index contributed by atoms with van der Waals surface area (Å²) in [5.74, 6) is 0.576. The van der Waals surface area contributed by atoms with Gasteiger partial charge < -0.3 is 9.64 Å². The summed E-state index contributed by atoms with van der Waals surface area (Å²) >= 11 is 7.85. The molecule has 0 aliphatic heterocycles. The van der Waals surface area contributed by atoms with Crippen molar-refractivity contribution in [3.63, 3.8) is 0 Å². The molecule has 1 amide bonds. The number of nitrogens with zero attached hydrogens (tertiary/aromatic N) is 3. The molecule has 4 aromatic rings. The van der Waals surface area contributed by atoms with Crippen molar-refractivity contribution in [2.45, 2.75) is 12.8 Å². The van der Waals surface area contributed by atoms with Gasteiger partial charge in [0.25, 0.3) is 5.91 Å². The van der Waals surface area contributed by atoms with E-state index >= 15 is 0 Å². The molecular formula is C27H28ClN3O2S. The van der Waals surface area contributed by atoms with Crippen molar-refractivity contribution in [1.29, 1.82) is 0 Å². The Balaban J connectivity index is 1.62. The summed E-state index contributed by atoms with van der Waals surface area (Å²) in [5.41, 5.74) is 3.73. The number of hydrogen-bond acceptors (Lipinski definition) is 5. The minimum atomic E-state index is -0.0702. The van der Waals surface area contributed by atoms with Gasteiger partial charge in [-0.1, -0.05) is 65.4 Å². The maximum atomic E-state index is 13.6. The van der Waals surface area contributed by atoms with Crippen LogP contribution < -0.4 is 9.64 Å². The summed E-state index contributed by atoms with van der Waals surface area (Å²) in [6.07, 6.45) is 1.66. The van der Waals surface area contributed by atoms with Crippen LogP contribution in [-0.2, 0) is 6.42 Å². The van der Waals surface area contributed by atoms with Crippen LogP contribution in [0, 0.1) is 0 Å². The van der Waals surface area contributed by atoms with E-state index < -0.39 is 0 Å². The molecule has 0 saturated heterocycles. The van der Waals surface area contributed by atoms with E-state index in [1.165, 1.54) is 22.5 Å². The molecule has 0 radical (unpaired) electrons. The first kappa shape index (κ1) is 24.2. The molecule has 7 heteroatoms. The predicted octanol–water partition coefficient (Wildman–Crippen LogP) is 6.15. The van der Waals surface area contributed by atoms with Crippen LogP contribution in [0.2, 0.25) is 5.02 Å². The van der Waals surface area contributed by atoms with Gasteiger partial charge in [-0.05, 0) is 68.9 Å². The summed E-state index contributed by atoms with van der Waals surface area (Å²) in [6, 6.07) is 21.8. The Morgan fingerprint density at radius 1 is 0.971 bits per heavy atom. The summed E-state index contributed by atoms with van der Waals surface area (Å²) in [5, 5.41) is 1.23. The molecule has 0 spiro atoms. The highest BCUT2D eigenvalue weighted by atomic mass is 35.5. The lowest BCUT2D eigenvalue weighted by Crippen LogP contribution is -2.33. The summed E-state index contributed by atoms with van der Waals surface area (Å²) in [6.45, 7) is 1.43. The van der Waals surface area contributed by atoms with Crippen molar-refractivity contribution in [2.75, 3.05) is 39.2 Å². The van der Waals surface area contributed by atoms with E-state index in [2.05, 4.69) is 17.0 Å². The van der Waals surface area contributed by atoms with Gasteiger partial charge in [0.1, 0.15) is 11.3 Å². The smallest absolute Gasteiger partial charge is 0.260 e. The third-order valence-corrected chi connectivity index (χ3v) is 7.12. The summed E-state index contributed by atoms with van der Waals surface area (Å²) in [7, 11) is 5.67. The molecule has 3 aromatic carbocycles. The second-order valence-corrected chi connectivity index (χ2v) is 9.78. The van der Waals surface area contributed by atoms with Gasteiger partial charge in [0.2, 0.25) is 0 Å². The van der Waals surface area contributed by atoms with E-state index in [0.717, 1.165) is 24.1 Å². The number of fused-ring (bicyclic) bond motifs is 1. The molecule has 34 heavy (non-hydrogen) atoms. The zero-order valence-electron chi connectivity index (χ0n) is 19.6. The van der Waals surface area contributed by atoms with E-state index in [4.69, 9.17) is 21.3 Å². The fraction of sp³-hybridized carbons (Fsp3) is 0.259. The minimum absolute atomic E-state index is 0.0702. The SMILES string of the molecule is COc1ccc(Cl)c2sc(N(CCCN(C)C)C(=O)c3ccc(Cc4ccccc4)cc3)nc12. The van der Waals surface area contributed by atoms with Crippen molar-refractivity contribution in [3.8, 4) is 5.75 Å². The quantitative estimate of drug-likeness (QED) is 0.280. The highest BCUT2D eigenvalue weighted by molar-refractivity contribution is 7.23. The zero-order chi connectivity index (χ0) is 24.1. The molecule has 0 bridgehead atoms. The second-order valence-electron chi connectivity index (χ2n) is 8.40. The summed E-state index contributed by atoms with van der Waals surface area (Å²) in [4.78, 5) is 22.3. The number of methoxy groups -OCH3 is 1. The van der Waals surface area contributed by atoms with Gasteiger partial charge >= 0.3 is 0 Å².